The SMILES string of the molecule is O=S(=O)(c1ccc2ccccc2c1)C1NCCS1. The Labute approximate surface area is 111 Å². The minimum Gasteiger partial charge on any atom is -0.292 e. The van der Waals surface area contributed by atoms with Crippen molar-refractivity contribution >= 4 is 32.4 Å². The van der Waals surface area contributed by atoms with Gasteiger partial charge >= 0.3 is 0 Å². The lowest BCUT2D eigenvalue weighted by molar-refractivity contribution is 0.586. The predicted octanol–water partition coefficient (Wildman–Crippen LogP) is 2.23. The van der Waals surface area contributed by atoms with E-state index in [1.54, 1.807) is 12.1 Å². The first kappa shape index (κ1) is 12.0. The van der Waals surface area contributed by atoms with E-state index in [9.17, 15) is 8.42 Å². The van der Waals surface area contributed by atoms with E-state index in [0.717, 1.165) is 23.1 Å². The van der Waals surface area contributed by atoms with Crippen LogP contribution in [0.3, 0.4) is 0 Å². The number of hydrogen-bond donors (Lipinski definition) is 1. The molecule has 0 aliphatic carbocycles. The molecule has 1 unspecified atom stereocenters. The second kappa shape index (κ2) is 4.57. The number of hydrogen-bond acceptors (Lipinski definition) is 4. The molecule has 0 amide bonds. The molecule has 18 heavy (non-hydrogen) atoms. The summed E-state index contributed by atoms with van der Waals surface area (Å²) in [5, 5.41) is 5.04. The third kappa shape index (κ3) is 2.02. The van der Waals surface area contributed by atoms with Gasteiger partial charge < -0.3 is 0 Å². The van der Waals surface area contributed by atoms with Crippen molar-refractivity contribution in [2.75, 3.05) is 12.3 Å². The Bertz CT molecular complexity index is 676. The molecule has 1 atom stereocenters. The predicted molar refractivity (Wildman–Crippen MR) is 75.4 cm³/mol. The van der Waals surface area contributed by atoms with Gasteiger partial charge in [-0.3, -0.25) is 5.32 Å². The fraction of sp³-hybridized carbons (Fsp3) is 0.231. The summed E-state index contributed by atoms with van der Waals surface area (Å²) >= 11 is 1.45. The number of fused-ring (bicyclic) bond motifs is 1. The van der Waals surface area contributed by atoms with Crippen LogP contribution in [0.4, 0.5) is 0 Å². The highest BCUT2D eigenvalue weighted by molar-refractivity contribution is 8.13. The van der Waals surface area contributed by atoms with Crippen LogP contribution < -0.4 is 5.32 Å². The lowest BCUT2D eigenvalue weighted by Gasteiger charge is -2.11. The minimum absolute atomic E-state index is 0.396. The Morgan fingerprint density at radius 2 is 1.89 bits per heavy atom. The Morgan fingerprint density at radius 1 is 1.11 bits per heavy atom. The van der Waals surface area contributed by atoms with Crippen molar-refractivity contribution in [3.8, 4) is 0 Å². The third-order valence-electron chi connectivity index (χ3n) is 3.01. The summed E-state index contributed by atoms with van der Waals surface area (Å²) in [6.07, 6.45) is 0. The first-order chi connectivity index (χ1) is 8.68. The fourth-order valence-electron chi connectivity index (χ4n) is 2.07. The van der Waals surface area contributed by atoms with E-state index < -0.39 is 14.5 Å². The van der Waals surface area contributed by atoms with E-state index in [4.69, 9.17) is 0 Å². The van der Waals surface area contributed by atoms with Gasteiger partial charge in [0.1, 0.15) is 0 Å². The van der Waals surface area contributed by atoms with E-state index in [1.165, 1.54) is 11.8 Å². The molecule has 3 nitrogen and oxygen atoms in total. The molecule has 0 spiro atoms. The maximum Gasteiger partial charge on any atom is 0.203 e. The summed E-state index contributed by atoms with van der Waals surface area (Å²) in [6, 6.07) is 13.1. The Balaban J connectivity index is 2.08. The van der Waals surface area contributed by atoms with Crippen molar-refractivity contribution in [1.82, 2.24) is 5.32 Å². The average Bonchev–Trinajstić information content (AvgIpc) is 2.92. The zero-order chi connectivity index (χ0) is 12.6. The molecular weight excluding hydrogens is 266 g/mol. The summed E-state index contributed by atoms with van der Waals surface area (Å²) < 4.78 is 24.3. The van der Waals surface area contributed by atoms with E-state index in [-0.39, 0.29) is 0 Å². The van der Waals surface area contributed by atoms with Gasteiger partial charge in [0.25, 0.3) is 0 Å². The Morgan fingerprint density at radius 3 is 2.61 bits per heavy atom. The van der Waals surface area contributed by atoms with E-state index in [1.807, 2.05) is 30.3 Å². The summed E-state index contributed by atoms with van der Waals surface area (Å²) in [5.74, 6) is 0.845. The zero-order valence-corrected chi connectivity index (χ0v) is 11.3. The highest BCUT2D eigenvalue weighted by Gasteiger charge is 2.30. The number of benzene rings is 2. The maximum absolute atomic E-state index is 12.4. The average molecular weight is 279 g/mol. The molecular formula is C13H13NO2S2. The monoisotopic (exact) mass is 279 g/mol. The Kier molecular flexibility index (Phi) is 3.05. The summed E-state index contributed by atoms with van der Waals surface area (Å²) in [6.45, 7) is 0.752. The van der Waals surface area contributed by atoms with Crippen LogP contribution in [0.1, 0.15) is 0 Å². The molecule has 94 valence electrons. The van der Waals surface area contributed by atoms with Gasteiger partial charge in [0.2, 0.25) is 9.84 Å². The molecule has 2 aromatic rings. The number of nitrogens with one attached hydrogen (secondary N) is 1. The molecule has 5 heteroatoms. The molecule has 0 aromatic heterocycles. The van der Waals surface area contributed by atoms with Crippen LogP contribution in [-0.4, -0.2) is 25.4 Å². The Hall–Kier alpha value is -1.04. The molecule has 0 saturated carbocycles. The molecule has 1 heterocycles. The first-order valence-corrected chi connectivity index (χ1v) is 8.35. The van der Waals surface area contributed by atoms with Crippen LogP contribution in [0.5, 0.6) is 0 Å². The van der Waals surface area contributed by atoms with E-state index in [2.05, 4.69) is 5.32 Å². The topological polar surface area (TPSA) is 46.2 Å². The fourth-order valence-corrected chi connectivity index (χ4v) is 5.23. The lowest BCUT2D eigenvalue weighted by atomic mass is 10.1. The molecule has 1 aliphatic rings. The van der Waals surface area contributed by atoms with E-state index >= 15 is 0 Å². The van der Waals surface area contributed by atoms with Crippen LogP contribution in [-0.2, 0) is 9.84 Å². The summed E-state index contributed by atoms with van der Waals surface area (Å²) in [4.78, 5) is 0.396. The highest BCUT2D eigenvalue weighted by atomic mass is 32.3. The molecule has 1 fully saturated rings. The van der Waals surface area contributed by atoms with Crippen LogP contribution in [0.2, 0.25) is 0 Å². The van der Waals surface area contributed by atoms with Gasteiger partial charge in [-0.25, -0.2) is 8.42 Å². The number of thioether (sulfide) groups is 1. The zero-order valence-electron chi connectivity index (χ0n) is 9.67. The third-order valence-corrected chi connectivity index (χ3v) is 6.73. The van der Waals surface area contributed by atoms with Crippen LogP contribution >= 0.6 is 11.8 Å². The number of rotatable bonds is 2. The molecule has 0 bridgehead atoms. The molecule has 1 N–H and O–H groups in total. The van der Waals surface area contributed by atoms with Gasteiger partial charge in [0.15, 0.2) is 4.71 Å². The van der Waals surface area contributed by atoms with Crippen molar-refractivity contribution < 1.29 is 8.42 Å². The molecule has 3 rings (SSSR count). The first-order valence-electron chi connectivity index (χ1n) is 5.76. The quantitative estimate of drug-likeness (QED) is 0.916. The van der Waals surface area contributed by atoms with Gasteiger partial charge in [0.05, 0.1) is 4.90 Å². The molecule has 2 aromatic carbocycles. The van der Waals surface area contributed by atoms with Gasteiger partial charge in [-0.15, -0.1) is 11.8 Å². The second-order valence-corrected chi connectivity index (χ2v) is 7.76. The van der Waals surface area contributed by atoms with Crippen LogP contribution in [0.15, 0.2) is 47.4 Å². The summed E-state index contributed by atoms with van der Waals surface area (Å²) in [5.41, 5.74) is 0. The van der Waals surface area contributed by atoms with Gasteiger partial charge in [-0.05, 0) is 22.9 Å². The largest absolute Gasteiger partial charge is 0.292 e. The summed E-state index contributed by atoms with van der Waals surface area (Å²) in [7, 11) is -3.28. The number of sulfone groups is 1. The van der Waals surface area contributed by atoms with E-state index in [0.29, 0.717) is 4.90 Å². The van der Waals surface area contributed by atoms with Gasteiger partial charge in [-0.2, -0.15) is 0 Å². The molecule has 1 saturated heterocycles. The lowest BCUT2D eigenvalue weighted by Crippen LogP contribution is -2.28. The van der Waals surface area contributed by atoms with Crippen molar-refractivity contribution in [2.24, 2.45) is 0 Å². The van der Waals surface area contributed by atoms with Crippen LogP contribution in [0, 0.1) is 0 Å². The van der Waals surface area contributed by atoms with Crippen molar-refractivity contribution in [2.45, 2.75) is 9.60 Å². The van der Waals surface area contributed by atoms with Gasteiger partial charge in [-0.1, -0.05) is 30.3 Å². The van der Waals surface area contributed by atoms with Crippen molar-refractivity contribution in [3.05, 3.63) is 42.5 Å². The van der Waals surface area contributed by atoms with Crippen molar-refractivity contribution in [1.29, 1.82) is 0 Å². The maximum atomic E-state index is 12.4. The second-order valence-electron chi connectivity index (χ2n) is 4.21. The van der Waals surface area contributed by atoms with Gasteiger partial charge in [0, 0.05) is 12.3 Å². The molecule has 0 radical (unpaired) electrons. The standard InChI is InChI=1S/C13H13NO2S2/c15-18(16,13-14-7-8-17-13)12-6-5-10-3-1-2-4-11(10)9-12/h1-6,9,13-14H,7-8H2. The normalized spacial score (nSPS) is 20.3. The molecule has 1 aliphatic heterocycles. The smallest absolute Gasteiger partial charge is 0.203 e. The van der Waals surface area contributed by atoms with Crippen LogP contribution in [0.25, 0.3) is 10.8 Å². The van der Waals surface area contributed by atoms with Crippen molar-refractivity contribution in [3.63, 3.8) is 0 Å². The highest BCUT2D eigenvalue weighted by Crippen LogP contribution is 2.27. The minimum atomic E-state index is -3.28.